The van der Waals surface area contributed by atoms with Crippen LogP contribution in [0, 0.1) is 5.92 Å². The number of benzene rings is 1. The van der Waals surface area contributed by atoms with Crippen molar-refractivity contribution in [3.8, 4) is 0 Å². The van der Waals surface area contributed by atoms with Crippen molar-refractivity contribution >= 4 is 23.2 Å². The lowest BCUT2D eigenvalue weighted by Crippen LogP contribution is -2.38. The third-order valence-corrected chi connectivity index (χ3v) is 4.18. The van der Waals surface area contributed by atoms with Crippen LogP contribution in [0.25, 0.3) is 0 Å². The number of hydrogen-bond donors (Lipinski definition) is 2. The van der Waals surface area contributed by atoms with Crippen molar-refractivity contribution in [1.82, 2.24) is 10.2 Å². The Morgan fingerprint density at radius 2 is 2.10 bits per heavy atom. The number of nitrogen functional groups attached to an aromatic ring is 1. The summed E-state index contributed by atoms with van der Waals surface area (Å²) in [5, 5.41) is 3.36. The molecule has 2 rings (SSSR count). The number of amides is 1. The lowest BCUT2D eigenvalue weighted by Gasteiger charge is -2.29. The molecule has 1 atom stereocenters. The fourth-order valence-corrected chi connectivity index (χ4v) is 3.00. The van der Waals surface area contributed by atoms with Gasteiger partial charge in [-0.3, -0.25) is 4.79 Å². The van der Waals surface area contributed by atoms with Gasteiger partial charge < -0.3 is 16.0 Å². The molecular weight excluding hydrogens is 286 g/mol. The molecule has 1 unspecified atom stereocenters. The van der Waals surface area contributed by atoms with E-state index in [1.54, 1.807) is 18.2 Å². The Bertz CT molecular complexity index is 486. The second-order valence-corrected chi connectivity index (χ2v) is 6.32. The van der Waals surface area contributed by atoms with Gasteiger partial charge in [0.1, 0.15) is 0 Å². The maximum absolute atomic E-state index is 12.1. The normalized spacial score (nSPS) is 17.4. The summed E-state index contributed by atoms with van der Waals surface area (Å²) in [6.45, 7) is 6.23. The second kappa shape index (κ2) is 7.66. The summed E-state index contributed by atoms with van der Waals surface area (Å²) in [7, 11) is 0. The first-order valence-corrected chi connectivity index (χ1v) is 7.99. The summed E-state index contributed by atoms with van der Waals surface area (Å²) in [5.74, 6) is 0.296. The van der Waals surface area contributed by atoms with Crippen LogP contribution in [-0.4, -0.2) is 37.0 Å². The molecule has 1 fully saturated rings. The zero-order valence-corrected chi connectivity index (χ0v) is 13.3. The number of halogens is 1. The molecule has 0 aliphatic carbocycles. The van der Waals surface area contributed by atoms with Gasteiger partial charge in [-0.1, -0.05) is 24.9 Å². The van der Waals surface area contributed by atoms with Crippen LogP contribution in [-0.2, 0) is 0 Å². The van der Waals surface area contributed by atoms with Crippen LogP contribution < -0.4 is 11.1 Å². The van der Waals surface area contributed by atoms with Crippen LogP contribution in [0.5, 0.6) is 0 Å². The van der Waals surface area contributed by atoms with Gasteiger partial charge >= 0.3 is 0 Å². The van der Waals surface area contributed by atoms with E-state index in [-0.39, 0.29) is 5.91 Å². The zero-order chi connectivity index (χ0) is 15.2. The van der Waals surface area contributed by atoms with Crippen molar-refractivity contribution in [1.29, 1.82) is 0 Å². The van der Waals surface area contributed by atoms with Crippen LogP contribution >= 0.6 is 11.6 Å². The molecule has 0 aromatic heterocycles. The number of nitrogens with one attached hydrogen (secondary N) is 1. The minimum absolute atomic E-state index is 0.134. The van der Waals surface area contributed by atoms with Gasteiger partial charge in [-0.15, -0.1) is 0 Å². The van der Waals surface area contributed by atoms with Gasteiger partial charge in [0.25, 0.3) is 5.91 Å². The molecule has 1 aromatic rings. The largest absolute Gasteiger partial charge is 0.399 e. The Balaban J connectivity index is 1.80. The molecule has 4 nitrogen and oxygen atoms in total. The van der Waals surface area contributed by atoms with E-state index in [2.05, 4.69) is 17.1 Å². The molecule has 1 aliphatic rings. The molecule has 1 heterocycles. The van der Waals surface area contributed by atoms with Crippen LogP contribution in [0.4, 0.5) is 5.69 Å². The van der Waals surface area contributed by atoms with Crippen molar-refractivity contribution in [3.63, 3.8) is 0 Å². The number of carbonyl (C=O) groups is 1. The maximum atomic E-state index is 12.1. The zero-order valence-electron chi connectivity index (χ0n) is 12.6. The van der Waals surface area contributed by atoms with Crippen LogP contribution in [0.15, 0.2) is 18.2 Å². The molecule has 0 radical (unpaired) electrons. The Labute approximate surface area is 131 Å². The minimum atomic E-state index is -0.134. The maximum Gasteiger partial charge on any atom is 0.252 e. The monoisotopic (exact) mass is 309 g/mol. The quantitative estimate of drug-likeness (QED) is 0.822. The lowest BCUT2D eigenvalue weighted by atomic mass is 10.1. The van der Waals surface area contributed by atoms with Gasteiger partial charge in [0.2, 0.25) is 0 Å². The highest BCUT2D eigenvalue weighted by atomic mass is 35.5. The third-order valence-electron chi connectivity index (χ3n) is 3.87. The fourth-order valence-electron chi connectivity index (χ4n) is 2.72. The summed E-state index contributed by atoms with van der Waals surface area (Å²) in [4.78, 5) is 14.6. The van der Waals surface area contributed by atoms with E-state index in [4.69, 9.17) is 17.3 Å². The average Bonchev–Trinajstić information content (AvgIpc) is 2.46. The van der Waals surface area contributed by atoms with Gasteiger partial charge in [-0.05, 0) is 50.0 Å². The molecule has 0 saturated carbocycles. The molecule has 0 bridgehead atoms. The second-order valence-electron chi connectivity index (χ2n) is 5.92. The summed E-state index contributed by atoms with van der Waals surface area (Å²) >= 11 is 6.05. The third kappa shape index (κ3) is 4.90. The molecule has 1 saturated heterocycles. The highest BCUT2D eigenvalue weighted by Crippen LogP contribution is 2.19. The highest BCUT2D eigenvalue weighted by Gasteiger charge is 2.15. The topological polar surface area (TPSA) is 58.4 Å². The fraction of sp³-hybridized carbons (Fsp3) is 0.562. The molecule has 0 spiro atoms. The van der Waals surface area contributed by atoms with E-state index in [0.29, 0.717) is 28.7 Å². The van der Waals surface area contributed by atoms with Crippen molar-refractivity contribution in [2.45, 2.75) is 26.2 Å². The Kier molecular flexibility index (Phi) is 5.88. The average molecular weight is 310 g/mol. The Morgan fingerprint density at radius 3 is 2.76 bits per heavy atom. The van der Waals surface area contributed by atoms with Gasteiger partial charge in [-0.25, -0.2) is 0 Å². The van der Waals surface area contributed by atoms with Gasteiger partial charge in [0.15, 0.2) is 0 Å². The number of rotatable bonds is 5. The summed E-state index contributed by atoms with van der Waals surface area (Å²) in [5.41, 5.74) is 6.68. The SMILES string of the molecule is CC(CNC(=O)c1ccc(N)cc1Cl)CN1CCCCC1. The van der Waals surface area contributed by atoms with Crippen LogP contribution in [0.1, 0.15) is 36.5 Å². The molecule has 3 N–H and O–H groups in total. The Morgan fingerprint density at radius 1 is 1.38 bits per heavy atom. The predicted octanol–water partition coefficient (Wildman–Crippen LogP) is 2.77. The molecule has 21 heavy (non-hydrogen) atoms. The van der Waals surface area contributed by atoms with Crippen molar-refractivity contribution < 1.29 is 4.79 Å². The van der Waals surface area contributed by atoms with Crippen LogP contribution in [0.2, 0.25) is 5.02 Å². The standard InChI is InChI=1S/C16H24ClN3O/c1-12(11-20-7-3-2-4-8-20)10-19-16(21)14-6-5-13(18)9-15(14)17/h5-6,9,12H,2-4,7-8,10-11,18H2,1H3,(H,19,21). The van der Waals surface area contributed by atoms with Crippen LogP contribution in [0.3, 0.4) is 0 Å². The van der Waals surface area contributed by atoms with Crippen molar-refractivity contribution in [3.05, 3.63) is 28.8 Å². The van der Waals surface area contributed by atoms with E-state index < -0.39 is 0 Å². The highest BCUT2D eigenvalue weighted by molar-refractivity contribution is 6.34. The smallest absolute Gasteiger partial charge is 0.252 e. The molecule has 116 valence electrons. The molecule has 1 amide bonds. The van der Waals surface area contributed by atoms with Gasteiger partial charge in [0, 0.05) is 18.8 Å². The number of nitrogens with two attached hydrogens (primary N) is 1. The summed E-state index contributed by atoms with van der Waals surface area (Å²) < 4.78 is 0. The first-order valence-electron chi connectivity index (χ1n) is 7.62. The number of carbonyl (C=O) groups excluding carboxylic acids is 1. The molecular formula is C16H24ClN3O. The van der Waals surface area contributed by atoms with E-state index in [9.17, 15) is 4.79 Å². The summed E-state index contributed by atoms with van der Waals surface area (Å²) in [6, 6.07) is 4.97. The Hall–Kier alpha value is -1.26. The van der Waals surface area contributed by atoms with Gasteiger partial charge in [-0.2, -0.15) is 0 Å². The minimum Gasteiger partial charge on any atom is -0.399 e. The number of likely N-dealkylation sites (tertiary alicyclic amines) is 1. The predicted molar refractivity (Wildman–Crippen MR) is 87.7 cm³/mol. The molecule has 5 heteroatoms. The van der Waals surface area contributed by atoms with E-state index >= 15 is 0 Å². The van der Waals surface area contributed by atoms with Gasteiger partial charge in [0.05, 0.1) is 10.6 Å². The summed E-state index contributed by atoms with van der Waals surface area (Å²) in [6.07, 6.45) is 3.93. The number of piperidine rings is 1. The molecule has 1 aromatic carbocycles. The van der Waals surface area contributed by atoms with E-state index in [1.165, 1.54) is 32.4 Å². The lowest BCUT2D eigenvalue weighted by molar-refractivity contribution is 0.0943. The van der Waals surface area contributed by atoms with E-state index in [0.717, 1.165) is 6.54 Å². The molecule has 1 aliphatic heterocycles. The number of anilines is 1. The van der Waals surface area contributed by atoms with E-state index in [1.807, 2.05) is 0 Å². The van der Waals surface area contributed by atoms with Crippen molar-refractivity contribution in [2.24, 2.45) is 5.92 Å². The first kappa shape index (κ1) is 16.1. The van der Waals surface area contributed by atoms with Crippen molar-refractivity contribution in [2.75, 3.05) is 31.9 Å². The first-order chi connectivity index (χ1) is 10.1. The number of nitrogens with zero attached hydrogens (tertiary/aromatic N) is 1. The number of hydrogen-bond acceptors (Lipinski definition) is 3.